The summed E-state index contributed by atoms with van der Waals surface area (Å²) in [6, 6.07) is 0. The molecule has 148 valence electrons. The van der Waals surface area contributed by atoms with Crippen LogP contribution in [0.3, 0.4) is 0 Å². The average molecular weight is 360 g/mol. The minimum absolute atomic E-state index is 0.0839. The van der Waals surface area contributed by atoms with Crippen molar-refractivity contribution < 1.29 is 28.5 Å². The van der Waals surface area contributed by atoms with Gasteiger partial charge in [-0.05, 0) is 61.8 Å². The van der Waals surface area contributed by atoms with Gasteiger partial charge in [0.2, 0.25) is 0 Å². The van der Waals surface area contributed by atoms with E-state index >= 15 is 0 Å². The lowest BCUT2D eigenvalue weighted by molar-refractivity contribution is -0.182. The van der Waals surface area contributed by atoms with Gasteiger partial charge in [-0.1, -0.05) is 6.92 Å². The van der Waals surface area contributed by atoms with Crippen molar-refractivity contribution in [1.82, 2.24) is 0 Å². The number of esters is 2. The van der Waals surface area contributed by atoms with Crippen LogP contribution in [0.5, 0.6) is 0 Å². The van der Waals surface area contributed by atoms with E-state index < -0.39 is 23.1 Å². The van der Waals surface area contributed by atoms with Gasteiger partial charge in [-0.25, -0.2) is 4.79 Å². The number of hydrogen-bond acceptors (Lipinski definition) is 6. The Morgan fingerprint density at radius 2 is 1.44 bits per heavy atom. The summed E-state index contributed by atoms with van der Waals surface area (Å²) in [6.45, 7) is 17.0. The van der Waals surface area contributed by atoms with Crippen molar-refractivity contribution in [3.63, 3.8) is 0 Å². The van der Waals surface area contributed by atoms with Crippen molar-refractivity contribution in [2.24, 2.45) is 5.41 Å². The molecule has 0 saturated carbocycles. The lowest BCUT2D eigenvalue weighted by Crippen LogP contribution is -2.41. The summed E-state index contributed by atoms with van der Waals surface area (Å²) >= 11 is 0. The molecule has 0 fully saturated rings. The predicted molar refractivity (Wildman–Crippen MR) is 96.3 cm³/mol. The Hall–Kier alpha value is -1.14. The molecule has 0 aliphatic heterocycles. The van der Waals surface area contributed by atoms with Gasteiger partial charge in [0.25, 0.3) is 0 Å². The molecule has 0 bridgehead atoms. The van der Waals surface area contributed by atoms with E-state index in [0.29, 0.717) is 6.61 Å². The third kappa shape index (κ3) is 9.80. The molecule has 1 unspecified atom stereocenters. The van der Waals surface area contributed by atoms with Crippen molar-refractivity contribution in [1.29, 1.82) is 0 Å². The number of rotatable bonds is 10. The van der Waals surface area contributed by atoms with E-state index in [4.69, 9.17) is 18.9 Å². The van der Waals surface area contributed by atoms with E-state index in [9.17, 15) is 9.59 Å². The molecule has 0 N–H and O–H groups in total. The summed E-state index contributed by atoms with van der Waals surface area (Å²) < 4.78 is 21.8. The topological polar surface area (TPSA) is 71.1 Å². The van der Waals surface area contributed by atoms with Crippen LogP contribution in [-0.2, 0) is 28.5 Å². The zero-order chi connectivity index (χ0) is 19.9. The molecule has 1 atom stereocenters. The summed E-state index contributed by atoms with van der Waals surface area (Å²) in [7, 11) is 0. The molecule has 0 spiro atoms. The van der Waals surface area contributed by atoms with Crippen molar-refractivity contribution >= 4 is 11.9 Å². The fourth-order valence-corrected chi connectivity index (χ4v) is 1.72. The Bertz CT molecular complexity index is 434. The molecule has 0 saturated heterocycles. The molecule has 0 radical (unpaired) electrons. The smallest absolute Gasteiger partial charge is 0.337 e. The summed E-state index contributed by atoms with van der Waals surface area (Å²) in [5.41, 5.74) is -1.93. The van der Waals surface area contributed by atoms with Crippen LogP contribution >= 0.6 is 0 Å². The van der Waals surface area contributed by atoms with E-state index in [2.05, 4.69) is 0 Å². The normalized spacial score (nSPS) is 14.1. The highest BCUT2D eigenvalue weighted by Gasteiger charge is 2.33. The van der Waals surface area contributed by atoms with Crippen LogP contribution in [0.25, 0.3) is 0 Å². The third-order valence-electron chi connectivity index (χ3n) is 3.71. The summed E-state index contributed by atoms with van der Waals surface area (Å²) in [6.07, 6.45) is 0.449. The molecule has 0 aromatic heterocycles. The molecule has 0 heterocycles. The largest absolute Gasteiger partial charge is 0.463 e. The van der Waals surface area contributed by atoms with Crippen LogP contribution in [0.2, 0.25) is 0 Å². The van der Waals surface area contributed by atoms with Gasteiger partial charge < -0.3 is 18.9 Å². The molecule has 0 aliphatic carbocycles. The van der Waals surface area contributed by atoms with Crippen LogP contribution in [0.15, 0.2) is 0 Å². The minimum atomic E-state index is -1.13. The Kier molecular flexibility index (Phi) is 9.09. The van der Waals surface area contributed by atoms with E-state index in [1.54, 1.807) is 41.5 Å². The van der Waals surface area contributed by atoms with Crippen LogP contribution in [0, 0.1) is 5.41 Å². The number of hydrogen-bond donors (Lipinski definition) is 0. The maximum absolute atomic E-state index is 12.2. The van der Waals surface area contributed by atoms with Crippen molar-refractivity contribution in [2.45, 2.75) is 86.0 Å². The predicted octanol–water partition coefficient (Wildman–Crippen LogP) is 3.51. The second-order valence-electron chi connectivity index (χ2n) is 8.38. The number of ether oxygens (including phenoxy) is 4. The molecular formula is C19H36O6. The number of carbonyl (C=O) groups excluding carboxylic acids is 2. The van der Waals surface area contributed by atoms with Crippen molar-refractivity contribution in [3.05, 3.63) is 0 Å². The van der Waals surface area contributed by atoms with Crippen LogP contribution in [0.4, 0.5) is 0 Å². The molecule has 0 aromatic carbocycles. The second-order valence-corrected chi connectivity index (χ2v) is 8.38. The van der Waals surface area contributed by atoms with Gasteiger partial charge in [-0.3, -0.25) is 4.79 Å². The first-order chi connectivity index (χ1) is 11.2. The molecular weight excluding hydrogens is 324 g/mol. The van der Waals surface area contributed by atoms with Gasteiger partial charge in [0.15, 0.2) is 5.60 Å². The van der Waals surface area contributed by atoms with Gasteiger partial charge in [0, 0.05) is 0 Å². The zero-order valence-corrected chi connectivity index (χ0v) is 17.4. The monoisotopic (exact) mass is 360 g/mol. The Morgan fingerprint density at radius 1 is 0.880 bits per heavy atom. The van der Waals surface area contributed by atoms with Crippen LogP contribution in [-0.4, -0.2) is 49.1 Å². The molecule has 6 nitrogen and oxygen atoms in total. The van der Waals surface area contributed by atoms with Gasteiger partial charge >= 0.3 is 11.9 Å². The molecule has 25 heavy (non-hydrogen) atoms. The fourth-order valence-electron chi connectivity index (χ4n) is 1.72. The number of carbonyl (C=O) groups is 2. The fraction of sp³-hybridized carbons (Fsp3) is 0.895. The zero-order valence-electron chi connectivity index (χ0n) is 17.4. The summed E-state index contributed by atoms with van der Waals surface area (Å²) in [4.78, 5) is 23.9. The van der Waals surface area contributed by atoms with Crippen molar-refractivity contribution in [2.75, 3.05) is 19.8 Å². The van der Waals surface area contributed by atoms with Gasteiger partial charge in [-0.15, -0.1) is 0 Å². The first-order valence-corrected chi connectivity index (χ1v) is 8.87. The highest BCUT2D eigenvalue weighted by molar-refractivity contribution is 5.78. The maximum Gasteiger partial charge on any atom is 0.337 e. The first kappa shape index (κ1) is 23.9. The van der Waals surface area contributed by atoms with E-state index in [1.165, 1.54) is 0 Å². The molecule has 0 rings (SSSR count). The van der Waals surface area contributed by atoms with Crippen LogP contribution in [0.1, 0.15) is 68.7 Å². The van der Waals surface area contributed by atoms with Gasteiger partial charge in [0.05, 0.1) is 23.7 Å². The third-order valence-corrected chi connectivity index (χ3v) is 3.71. The minimum Gasteiger partial charge on any atom is -0.463 e. The molecule has 0 aliphatic rings. The summed E-state index contributed by atoms with van der Waals surface area (Å²) in [5, 5.41) is 0. The van der Waals surface area contributed by atoms with Crippen LogP contribution < -0.4 is 0 Å². The second kappa shape index (κ2) is 9.53. The van der Waals surface area contributed by atoms with Crippen molar-refractivity contribution in [3.8, 4) is 0 Å². The Labute approximate surface area is 152 Å². The van der Waals surface area contributed by atoms with E-state index in [-0.39, 0.29) is 24.8 Å². The molecule has 0 aromatic rings. The summed E-state index contributed by atoms with van der Waals surface area (Å²) in [5.74, 6) is -0.779. The standard InChI is InChI=1S/C19H36O6/c1-10-18(6,7)24-12-11-22-16(21)19(8,9)25-14(2)13-23-15(20)17(3,4)5/h14H,10-13H2,1-9H3. The molecule has 0 amide bonds. The highest BCUT2D eigenvalue weighted by atomic mass is 16.6. The quantitative estimate of drug-likeness (QED) is 0.438. The SMILES string of the molecule is CCC(C)(C)OCCOC(=O)C(C)(C)OC(C)COC(=O)C(C)(C)C. The average Bonchev–Trinajstić information content (AvgIpc) is 2.47. The maximum atomic E-state index is 12.2. The Morgan fingerprint density at radius 3 is 1.92 bits per heavy atom. The van der Waals surface area contributed by atoms with E-state index in [0.717, 1.165) is 6.42 Å². The lowest BCUT2D eigenvalue weighted by atomic mass is 9.97. The Balaban J connectivity index is 4.28. The van der Waals surface area contributed by atoms with Gasteiger partial charge in [0.1, 0.15) is 13.2 Å². The highest BCUT2D eigenvalue weighted by Crippen LogP contribution is 2.18. The molecule has 6 heteroatoms. The first-order valence-electron chi connectivity index (χ1n) is 8.87. The van der Waals surface area contributed by atoms with E-state index in [1.807, 2.05) is 20.8 Å². The lowest BCUT2D eigenvalue weighted by Gasteiger charge is -2.28. The van der Waals surface area contributed by atoms with Gasteiger partial charge in [-0.2, -0.15) is 0 Å².